The van der Waals surface area contributed by atoms with Gasteiger partial charge in [0.05, 0.1) is 16.6 Å². The van der Waals surface area contributed by atoms with E-state index in [2.05, 4.69) is 10.2 Å². The van der Waals surface area contributed by atoms with Gasteiger partial charge < -0.3 is 0 Å². The Kier molecular flexibility index (Phi) is 4.82. The maximum atomic E-state index is 13.5. The molecule has 0 aliphatic heterocycles. The summed E-state index contributed by atoms with van der Waals surface area (Å²) in [5.41, 5.74) is 4.53. The lowest BCUT2D eigenvalue weighted by atomic mass is 10.1. The minimum atomic E-state index is -0.259. The van der Waals surface area contributed by atoms with E-state index in [1.807, 2.05) is 60.7 Å². The van der Waals surface area contributed by atoms with E-state index in [0.29, 0.717) is 22.1 Å². The second-order valence-corrected chi connectivity index (χ2v) is 8.35. The highest BCUT2D eigenvalue weighted by molar-refractivity contribution is 7.98. The van der Waals surface area contributed by atoms with Crippen molar-refractivity contribution < 1.29 is 4.39 Å². The predicted molar refractivity (Wildman–Crippen MR) is 122 cm³/mol. The topological polar surface area (TPSA) is 52.2 Å². The molecule has 5 aromatic rings. The number of halogens is 1. The number of aryl methyl sites for hydroxylation is 1. The highest BCUT2D eigenvalue weighted by atomic mass is 32.2. The summed E-state index contributed by atoms with van der Waals surface area (Å²) in [6.45, 7) is 4.03. The van der Waals surface area contributed by atoms with E-state index in [-0.39, 0.29) is 11.4 Å². The molecule has 5 nitrogen and oxygen atoms in total. The lowest BCUT2D eigenvalue weighted by molar-refractivity contribution is 0.627. The van der Waals surface area contributed by atoms with Gasteiger partial charge in [-0.1, -0.05) is 48.2 Å². The van der Waals surface area contributed by atoms with Crippen molar-refractivity contribution in [3.05, 3.63) is 99.6 Å². The van der Waals surface area contributed by atoms with Crippen molar-refractivity contribution >= 4 is 28.4 Å². The first-order chi connectivity index (χ1) is 15.0. The predicted octanol–water partition coefficient (Wildman–Crippen LogP) is 5.08. The molecule has 0 saturated heterocycles. The summed E-state index contributed by atoms with van der Waals surface area (Å²) in [6.07, 6.45) is 0. The van der Waals surface area contributed by atoms with E-state index in [4.69, 9.17) is 0 Å². The Morgan fingerprint density at radius 1 is 0.935 bits per heavy atom. The molecule has 5 rings (SSSR count). The van der Waals surface area contributed by atoms with Crippen LogP contribution in [-0.4, -0.2) is 19.2 Å². The van der Waals surface area contributed by atoms with Crippen molar-refractivity contribution in [2.45, 2.75) is 24.8 Å². The van der Waals surface area contributed by atoms with Gasteiger partial charge >= 0.3 is 0 Å². The molecule has 0 spiro atoms. The normalized spacial score (nSPS) is 11.5. The fourth-order valence-electron chi connectivity index (χ4n) is 3.70. The zero-order chi connectivity index (χ0) is 21.5. The van der Waals surface area contributed by atoms with E-state index >= 15 is 0 Å². The Morgan fingerprint density at radius 3 is 2.52 bits per heavy atom. The number of thioether (sulfide) groups is 1. The number of fused-ring (bicyclic) bond motifs is 3. The quantitative estimate of drug-likeness (QED) is 0.373. The molecule has 7 heteroatoms. The van der Waals surface area contributed by atoms with Crippen LogP contribution in [0.5, 0.6) is 0 Å². The summed E-state index contributed by atoms with van der Waals surface area (Å²) in [7, 11) is 0. The van der Waals surface area contributed by atoms with Crippen LogP contribution in [0.2, 0.25) is 0 Å². The third kappa shape index (κ3) is 3.31. The minimum Gasteiger partial charge on any atom is -0.268 e. The number of para-hydroxylation sites is 1. The lowest BCUT2D eigenvalue weighted by Crippen LogP contribution is -2.22. The van der Waals surface area contributed by atoms with Crippen LogP contribution in [0, 0.1) is 19.7 Å². The van der Waals surface area contributed by atoms with Gasteiger partial charge in [0, 0.05) is 5.75 Å². The molecule has 0 bridgehead atoms. The molecule has 31 heavy (non-hydrogen) atoms. The first-order valence-electron chi connectivity index (χ1n) is 9.87. The van der Waals surface area contributed by atoms with Gasteiger partial charge in [-0.05, 0) is 60.9 Å². The summed E-state index contributed by atoms with van der Waals surface area (Å²) in [4.78, 5) is 13.5. The Hall–Kier alpha value is -3.45. The second kappa shape index (κ2) is 7.67. The molecule has 0 N–H and O–H groups in total. The smallest absolute Gasteiger partial charge is 0.267 e. The molecular formula is C24H19FN4OS. The zero-order valence-corrected chi connectivity index (χ0v) is 17.9. The average Bonchev–Trinajstić information content (AvgIpc) is 3.20. The van der Waals surface area contributed by atoms with E-state index in [1.165, 1.54) is 23.9 Å². The van der Waals surface area contributed by atoms with Gasteiger partial charge in [0.25, 0.3) is 5.56 Å². The fraction of sp³-hybridized carbons (Fsp3) is 0.125. The Bertz CT molecular complexity index is 1490. The molecule has 2 aromatic heterocycles. The Labute approximate surface area is 182 Å². The third-order valence-electron chi connectivity index (χ3n) is 5.49. The Balaban J connectivity index is 1.73. The molecular weight excluding hydrogens is 411 g/mol. The van der Waals surface area contributed by atoms with Crippen LogP contribution >= 0.6 is 11.8 Å². The van der Waals surface area contributed by atoms with E-state index in [1.54, 1.807) is 16.7 Å². The van der Waals surface area contributed by atoms with Crippen LogP contribution in [0.1, 0.15) is 16.7 Å². The summed E-state index contributed by atoms with van der Waals surface area (Å²) in [5, 5.41) is 10.1. The molecule has 2 heterocycles. The average molecular weight is 431 g/mol. The highest BCUT2D eigenvalue weighted by Crippen LogP contribution is 2.27. The molecule has 0 unspecified atom stereocenters. The van der Waals surface area contributed by atoms with Gasteiger partial charge in [0.15, 0.2) is 5.16 Å². The molecule has 3 aromatic carbocycles. The monoisotopic (exact) mass is 430 g/mol. The maximum absolute atomic E-state index is 13.5. The van der Waals surface area contributed by atoms with Crippen LogP contribution in [0.25, 0.3) is 22.4 Å². The molecule has 0 aliphatic carbocycles. The van der Waals surface area contributed by atoms with E-state index in [9.17, 15) is 9.18 Å². The van der Waals surface area contributed by atoms with Gasteiger partial charge in [-0.3, -0.25) is 9.20 Å². The number of hydrogen-bond acceptors (Lipinski definition) is 4. The fourth-order valence-corrected chi connectivity index (χ4v) is 4.59. The number of hydrogen-bond donors (Lipinski definition) is 0. The summed E-state index contributed by atoms with van der Waals surface area (Å²) in [5.74, 6) is 0.821. The minimum absolute atomic E-state index is 0.126. The molecule has 154 valence electrons. The molecule has 0 fully saturated rings. The van der Waals surface area contributed by atoms with Crippen molar-refractivity contribution in [1.29, 1.82) is 0 Å². The van der Waals surface area contributed by atoms with Crippen molar-refractivity contribution in [2.24, 2.45) is 0 Å². The SMILES string of the molecule is Cc1cccc(-n2c(=O)c3ccccc3n3c(SCc4ccc(F)cc4)nnc23)c1C. The number of aromatic nitrogens is 4. The second-order valence-electron chi connectivity index (χ2n) is 7.41. The molecule has 0 amide bonds. The van der Waals surface area contributed by atoms with Gasteiger partial charge in [-0.2, -0.15) is 0 Å². The van der Waals surface area contributed by atoms with Gasteiger partial charge in [-0.25, -0.2) is 8.96 Å². The summed E-state index contributed by atoms with van der Waals surface area (Å²) < 4.78 is 16.8. The van der Waals surface area contributed by atoms with Gasteiger partial charge in [0.1, 0.15) is 5.82 Å². The van der Waals surface area contributed by atoms with E-state index in [0.717, 1.165) is 27.9 Å². The largest absolute Gasteiger partial charge is 0.268 e. The van der Waals surface area contributed by atoms with E-state index < -0.39 is 0 Å². The van der Waals surface area contributed by atoms with Crippen LogP contribution in [0.15, 0.2) is 76.7 Å². The molecule has 0 aliphatic rings. The number of rotatable bonds is 4. The standard InChI is InChI=1S/C24H19FN4OS/c1-15-6-5-9-20(16(15)2)28-22(30)19-7-3-4-8-21(19)29-23(28)26-27-24(29)31-14-17-10-12-18(25)13-11-17/h3-13H,14H2,1-2H3. The van der Waals surface area contributed by atoms with Crippen LogP contribution in [-0.2, 0) is 5.75 Å². The maximum Gasteiger partial charge on any atom is 0.267 e. The van der Waals surface area contributed by atoms with Crippen molar-refractivity contribution in [2.75, 3.05) is 0 Å². The molecule has 0 atom stereocenters. The van der Waals surface area contributed by atoms with Crippen LogP contribution in [0.4, 0.5) is 4.39 Å². The third-order valence-corrected chi connectivity index (χ3v) is 6.49. The number of benzene rings is 3. The Morgan fingerprint density at radius 2 is 1.71 bits per heavy atom. The first-order valence-corrected chi connectivity index (χ1v) is 10.9. The van der Waals surface area contributed by atoms with Gasteiger partial charge in [-0.15, -0.1) is 10.2 Å². The van der Waals surface area contributed by atoms with Crippen molar-refractivity contribution in [3.63, 3.8) is 0 Å². The lowest BCUT2D eigenvalue weighted by Gasteiger charge is -2.14. The summed E-state index contributed by atoms with van der Waals surface area (Å²) >= 11 is 1.50. The van der Waals surface area contributed by atoms with Gasteiger partial charge in [0.2, 0.25) is 5.78 Å². The highest BCUT2D eigenvalue weighted by Gasteiger charge is 2.19. The van der Waals surface area contributed by atoms with Crippen molar-refractivity contribution in [3.8, 4) is 5.69 Å². The van der Waals surface area contributed by atoms with Crippen molar-refractivity contribution in [1.82, 2.24) is 19.2 Å². The van der Waals surface area contributed by atoms with Crippen LogP contribution in [0.3, 0.4) is 0 Å². The zero-order valence-electron chi connectivity index (χ0n) is 17.0. The first kappa shape index (κ1) is 19.5. The molecule has 0 radical (unpaired) electrons. The number of nitrogens with zero attached hydrogens (tertiary/aromatic N) is 4. The van der Waals surface area contributed by atoms with Crippen LogP contribution < -0.4 is 5.56 Å². The summed E-state index contributed by atoms with van der Waals surface area (Å²) in [6, 6.07) is 19.8. The molecule has 0 saturated carbocycles.